The van der Waals surface area contributed by atoms with Crippen molar-refractivity contribution in [2.24, 2.45) is 4.99 Å². The molecule has 1 fully saturated rings. The molecule has 0 unspecified atom stereocenters. The van der Waals surface area contributed by atoms with Gasteiger partial charge >= 0.3 is 6.09 Å². The van der Waals surface area contributed by atoms with Gasteiger partial charge in [-0.25, -0.2) is 4.79 Å². The quantitative estimate of drug-likeness (QED) is 0.394. The first kappa shape index (κ1) is 21.5. The van der Waals surface area contributed by atoms with Crippen LogP contribution in [-0.2, 0) is 17.7 Å². The summed E-state index contributed by atoms with van der Waals surface area (Å²) < 4.78 is 10.3. The van der Waals surface area contributed by atoms with Gasteiger partial charge in [-0.05, 0) is 26.2 Å². The molecule has 1 amide bonds. The number of hydrogen-bond donors (Lipinski definition) is 2. The van der Waals surface area contributed by atoms with E-state index in [-0.39, 0.29) is 36.1 Å². The average Bonchev–Trinajstić information content (AvgIpc) is 3.07. The lowest BCUT2D eigenvalue weighted by molar-refractivity contribution is 0.0963. The van der Waals surface area contributed by atoms with Crippen LogP contribution in [0, 0.1) is 0 Å². The molecule has 1 aliphatic heterocycles. The summed E-state index contributed by atoms with van der Waals surface area (Å²) in [6.07, 6.45) is 2.36. The van der Waals surface area contributed by atoms with E-state index in [2.05, 4.69) is 20.8 Å². The standard InChI is InChI=1S/C16H27N5O3.HI/c1-4-12-10-14(24-20-12)11-18-15(17-3)19-13-6-8-21(9-7-13)16(22)23-5-2;/h10,13H,4-9,11H2,1-3H3,(H2,17,18,19);1H. The van der Waals surface area contributed by atoms with E-state index in [1.807, 2.05) is 19.9 Å². The van der Waals surface area contributed by atoms with Gasteiger partial charge in [0.05, 0.1) is 18.8 Å². The number of piperidine rings is 1. The fourth-order valence-corrected chi connectivity index (χ4v) is 2.59. The molecule has 0 saturated carbocycles. The van der Waals surface area contributed by atoms with Crippen molar-refractivity contribution in [1.29, 1.82) is 0 Å². The van der Waals surface area contributed by atoms with Crippen LogP contribution in [0.1, 0.15) is 38.1 Å². The fraction of sp³-hybridized carbons (Fsp3) is 0.688. The lowest BCUT2D eigenvalue weighted by Gasteiger charge is -2.32. The number of likely N-dealkylation sites (tertiary alicyclic amines) is 1. The summed E-state index contributed by atoms with van der Waals surface area (Å²) in [4.78, 5) is 17.7. The molecule has 1 aromatic heterocycles. The van der Waals surface area contributed by atoms with Crippen LogP contribution in [0.5, 0.6) is 0 Å². The maximum Gasteiger partial charge on any atom is 0.409 e. The van der Waals surface area contributed by atoms with Crippen molar-refractivity contribution in [1.82, 2.24) is 20.7 Å². The van der Waals surface area contributed by atoms with E-state index in [4.69, 9.17) is 9.26 Å². The van der Waals surface area contributed by atoms with Gasteiger partial charge in [-0.1, -0.05) is 12.1 Å². The molecule has 142 valence electrons. The largest absolute Gasteiger partial charge is 0.450 e. The Kier molecular flexibility index (Phi) is 9.61. The first-order chi connectivity index (χ1) is 11.7. The Bertz CT molecular complexity index is 556. The molecule has 1 aromatic rings. The maximum atomic E-state index is 11.7. The number of aliphatic imine (C=N–C) groups is 1. The molecule has 0 atom stereocenters. The Morgan fingerprint density at radius 2 is 2.16 bits per heavy atom. The van der Waals surface area contributed by atoms with E-state index in [0.29, 0.717) is 26.2 Å². The van der Waals surface area contributed by atoms with Crippen LogP contribution < -0.4 is 10.6 Å². The van der Waals surface area contributed by atoms with Gasteiger partial charge in [0.1, 0.15) is 0 Å². The predicted octanol–water partition coefficient (Wildman–Crippen LogP) is 2.14. The minimum Gasteiger partial charge on any atom is -0.450 e. The van der Waals surface area contributed by atoms with Crippen molar-refractivity contribution in [2.45, 2.75) is 45.7 Å². The summed E-state index contributed by atoms with van der Waals surface area (Å²) in [6, 6.07) is 2.22. The molecule has 9 heteroatoms. The Morgan fingerprint density at radius 1 is 1.44 bits per heavy atom. The van der Waals surface area contributed by atoms with Crippen LogP contribution in [0.3, 0.4) is 0 Å². The normalized spacial score (nSPS) is 15.5. The molecular weight excluding hydrogens is 437 g/mol. The molecule has 25 heavy (non-hydrogen) atoms. The molecule has 2 N–H and O–H groups in total. The van der Waals surface area contributed by atoms with Gasteiger partial charge in [0.15, 0.2) is 11.7 Å². The van der Waals surface area contributed by atoms with E-state index in [9.17, 15) is 4.79 Å². The van der Waals surface area contributed by atoms with Gasteiger partial charge in [0.2, 0.25) is 0 Å². The summed E-state index contributed by atoms with van der Waals surface area (Å²) in [6.45, 7) is 6.19. The zero-order valence-electron chi connectivity index (χ0n) is 15.1. The topological polar surface area (TPSA) is 92.0 Å². The van der Waals surface area contributed by atoms with E-state index in [1.54, 1.807) is 11.9 Å². The number of guanidine groups is 1. The molecule has 0 bridgehead atoms. The maximum absolute atomic E-state index is 11.7. The number of rotatable bonds is 5. The van der Waals surface area contributed by atoms with Crippen molar-refractivity contribution < 1.29 is 14.1 Å². The number of aromatic nitrogens is 1. The van der Waals surface area contributed by atoms with Crippen LogP contribution >= 0.6 is 24.0 Å². The first-order valence-electron chi connectivity index (χ1n) is 8.49. The van der Waals surface area contributed by atoms with Crippen molar-refractivity contribution in [3.63, 3.8) is 0 Å². The Labute approximate surface area is 165 Å². The third kappa shape index (κ3) is 6.71. The van der Waals surface area contributed by atoms with E-state index >= 15 is 0 Å². The molecule has 0 radical (unpaired) electrons. The lowest BCUT2D eigenvalue weighted by Crippen LogP contribution is -2.49. The third-order valence-corrected chi connectivity index (χ3v) is 3.99. The molecular formula is C16H28IN5O3. The Hall–Kier alpha value is -1.52. The number of hydrogen-bond acceptors (Lipinski definition) is 5. The Morgan fingerprint density at radius 3 is 2.72 bits per heavy atom. The minimum absolute atomic E-state index is 0. The highest BCUT2D eigenvalue weighted by atomic mass is 127. The average molecular weight is 465 g/mol. The van der Waals surface area contributed by atoms with Gasteiger partial charge in [0, 0.05) is 32.2 Å². The molecule has 0 spiro atoms. The van der Waals surface area contributed by atoms with Gasteiger partial charge in [0.25, 0.3) is 0 Å². The summed E-state index contributed by atoms with van der Waals surface area (Å²) in [5.74, 6) is 1.51. The molecule has 2 heterocycles. The zero-order chi connectivity index (χ0) is 17.4. The number of nitrogens with zero attached hydrogens (tertiary/aromatic N) is 3. The lowest BCUT2D eigenvalue weighted by atomic mass is 10.1. The second kappa shape index (κ2) is 11.2. The highest BCUT2D eigenvalue weighted by Crippen LogP contribution is 2.11. The SMILES string of the molecule is CCOC(=O)N1CCC(NC(=NC)NCc2cc(CC)no2)CC1.I. The predicted molar refractivity (Wildman–Crippen MR) is 106 cm³/mol. The smallest absolute Gasteiger partial charge is 0.409 e. The number of halogens is 1. The Balaban J connectivity index is 0.00000312. The van der Waals surface area contributed by atoms with Crippen LogP contribution in [0.2, 0.25) is 0 Å². The van der Waals surface area contributed by atoms with E-state index < -0.39 is 0 Å². The first-order valence-corrected chi connectivity index (χ1v) is 8.49. The van der Waals surface area contributed by atoms with Crippen molar-refractivity contribution in [2.75, 3.05) is 26.7 Å². The molecule has 8 nitrogen and oxygen atoms in total. The molecule has 2 rings (SSSR count). The second-order valence-electron chi connectivity index (χ2n) is 5.67. The van der Waals surface area contributed by atoms with E-state index in [1.165, 1.54) is 0 Å². The minimum atomic E-state index is -0.226. The number of amides is 1. The molecule has 0 aromatic carbocycles. The zero-order valence-corrected chi connectivity index (χ0v) is 17.4. The van der Waals surface area contributed by atoms with Crippen molar-refractivity contribution in [3.8, 4) is 0 Å². The molecule has 0 aliphatic carbocycles. The van der Waals surface area contributed by atoms with Crippen molar-refractivity contribution >= 4 is 36.0 Å². The number of ether oxygens (including phenoxy) is 1. The summed E-state index contributed by atoms with van der Waals surface area (Å²) >= 11 is 0. The van der Waals surface area contributed by atoms with Gasteiger partial charge in [-0.3, -0.25) is 4.99 Å². The monoisotopic (exact) mass is 465 g/mol. The molecule has 1 saturated heterocycles. The highest BCUT2D eigenvalue weighted by molar-refractivity contribution is 14.0. The third-order valence-electron chi connectivity index (χ3n) is 3.99. The molecule has 1 aliphatic rings. The summed E-state index contributed by atoms with van der Waals surface area (Å²) in [5, 5.41) is 10.6. The number of carbonyl (C=O) groups is 1. The van der Waals surface area contributed by atoms with Crippen molar-refractivity contribution in [3.05, 3.63) is 17.5 Å². The van der Waals surface area contributed by atoms with Crippen LogP contribution in [-0.4, -0.2) is 54.9 Å². The number of carbonyl (C=O) groups excluding carboxylic acids is 1. The van der Waals surface area contributed by atoms with Crippen LogP contribution in [0.15, 0.2) is 15.6 Å². The van der Waals surface area contributed by atoms with Gasteiger partial charge < -0.3 is 24.8 Å². The van der Waals surface area contributed by atoms with Crippen LogP contribution in [0.25, 0.3) is 0 Å². The highest BCUT2D eigenvalue weighted by Gasteiger charge is 2.24. The van der Waals surface area contributed by atoms with Gasteiger partial charge in [-0.15, -0.1) is 24.0 Å². The number of nitrogens with one attached hydrogen (secondary N) is 2. The second-order valence-corrected chi connectivity index (χ2v) is 5.67. The van der Waals surface area contributed by atoms with E-state index in [0.717, 1.165) is 36.7 Å². The fourth-order valence-electron chi connectivity index (χ4n) is 2.59. The summed E-state index contributed by atoms with van der Waals surface area (Å²) in [7, 11) is 1.74. The number of aryl methyl sites for hydroxylation is 1. The van der Waals surface area contributed by atoms with Crippen LogP contribution in [0.4, 0.5) is 4.79 Å². The van der Waals surface area contributed by atoms with Gasteiger partial charge in [-0.2, -0.15) is 0 Å². The summed E-state index contributed by atoms with van der Waals surface area (Å²) in [5.41, 5.74) is 0.945.